The lowest BCUT2D eigenvalue weighted by Gasteiger charge is -2.17. The number of aliphatic hydroxyl groups excluding tert-OH is 1. The number of hydrogen-bond donors (Lipinski definition) is 3. The number of rotatable bonds is 5. The minimum atomic E-state index is -0.0525. The van der Waals surface area contributed by atoms with Gasteiger partial charge < -0.3 is 16.2 Å². The summed E-state index contributed by atoms with van der Waals surface area (Å²) in [4.78, 5) is 7.71. The van der Waals surface area contributed by atoms with E-state index in [1.54, 1.807) is 0 Å². The van der Waals surface area contributed by atoms with Crippen LogP contribution in [0.1, 0.15) is 19.8 Å². The van der Waals surface area contributed by atoms with E-state index in [4.69, 9.17) is 22.4 Å². The highest BCUT2D eigenvalue weighted by atomic mass is 35.5. The molecular weight excluding hydrogens is 216 g/mol. The number of anilines is 2. The van der Waals surface area contributed by atoms with Crippen LogP contribution >= 0.6 is 11.6 Å². The van der Waals surface area contributed by atoms with Gasteiger partial charge in [-0.25, -0.2) is 9.97 Å². The van der Waals surface area contributed by atoms with Crippen LogP contribution in [0.25, 0.3) is 0 Å². The molecule has 0 spiro atoms. The topological polar surface area (TPSA) is 84.1 Å². The molecule has 6 heteroatoms. The van der Waals surface area contributed by atoms with Crippen LogP contribution in [0.3, 0.4) is 0 Å². The maximum atomic E-state index is 9.10. The second-order valence-corrected chi connectivity index (χ2v) is 3.60. The molecular formula is C9H15ClN4O. The molecule has 0 aromatic carbocycles. The number of halogens is 1. The first-order valence-corrected chi connectivity index (χ1v) is 5.20. The van der Waals surface area contributed by atoms with Crippen molar-refractivity contribution in [3.63, 3.8) is 0 Å². The largest absolute Gasteiger partial charge is 0.394 e. The average Bonchev–Trinajstić information content (AvgIpc) is 2.24. The van der Waals surface area contributed by atoms with E-state index in [9.17, 15) is 0 Å². The summed E-state index contributed by atoms with van der Waals surface area (Å²) < 4.78 is 0. The normalized spacial score (nSPS) is 12.5. The van der Waals surface area contributed by atoms with Crippen LogP contribution in [0.2, 0.25) is 5.15 Å². The predicted octanol–water partition coefficient (Wildman–Crippen LogP) is 1.29. The van der Waals surface area contributed by atoms with E-state index in [0.717, 1.165) is 12.8 Å². The highest BCUT2D eigenvalue weighted by Crippen LogP contribution is 2.22. The van der Waals surface area contributed by atoms with Gasteiger partial charge in [0, 0.05) is 0 Å². The molecule has 1 aromatic rings. The maximum Gasteiger partial charge on any atom is 0.157 e. The molecule has 5 nitrogen and oxygen atoms in total. The van der Waals surface area contributed by atoms with Crippen molar-refractivity contribution in [3.8, 4) is 0 Å². The average molecular weight is 231 g/mol. The van der Waals surface area contributed by atoms with Crippen LogP contribution in [0.15, 0.2) is 6.33 Å². The monoisotopic (exact) mass is 230 g/mol. The van der Waals surface area contributed by atoms with Gasteiger partial charge in [-0.1, -0.05) is 24.9 Å². The summed E-state index contributed by atoms with van der Waals surface area (Å²) in [5.41, 5.74) is 5.99. The SMILES string of the molecule is CCCC(CO)Nc1ncnc(Cl)c1N. The minimum Gasteiger partial charge on any atom is -0.394 e. The highest BCUT2D eigenvalue weighted by molar-refractivity contribution is 6.32. The van der Waals surface area contributed by atoms with Crippen LogP contribution in [-0.2, 0) is 0 Å². The molecule has 1 heterocycles. The maximum absolute atomic E-state index is 9.10. The Morgan fingerprint density at radius 2 is 2.33 bits per heavy atom. The Hall–Kier alpha value is -1.07. The Labute approximate surface area is 93.7 Å². The molecule has 0 saturated heterocycles. The summed E-state index contributed by atoms with van der Waals surface area (Å²) in [5.74, 6) is 0.475. The number of nitrogen functional groups attached to an aromatic ring is 1. The fourth-order valence-corrected chi connectivity index (χ4v) is 1.37. The Morgan fingerprint density at radius 3 is 2.93 bits per heavy atom. The van der Waals surface area contributed by atoms with E-state index in [0.29, 0.717) is 11.5 Å². The molecule has 0 amide bonds. The lowest BCUT2D eigenvalue weighted by molar-refractivity contribution is 0.268. The third-order valence-corrected chi connectivity index (χ3v) is 2.33. The molecule has 0 aliphatic heterocycles. The van der Waals surface area contributed by atoms with Crippen molar-refractivity contribution in [2.75, 3.05) is 17.7 Å². The van der Waals surface area contributed by atoms with Crippen molar-refractivity contribution >= 4 is 23.1 Å². The molecule has 15 heavy (non-hydrogen) atoms. The van der Waals surface area contributed by atoms with Crippen LogP contribution in [-0.4, -0.2) is 27.7 Å². The first-order valence-electron chi connectivity index (χ1n) is 4.82. The van der Waals surface area contributed by atoms with Crippen LogP contribution in [0.4, 0.5) is 11.5 Å². The van der Waals surface area contributed by atoms with E-state index in [2.05, 4.69) is 15.3 Å². The predicted molar refractivity (Wildman–Crippen MR) is 60.9 cm³/mol. The zero-order valence-corrected chi connectivity index (χ0v) is 9.33. The van der Waals surface area contributed by atoms with Gasteiger partial charge in [-0.05, 0) is 6.42 Å². The molecule has 0 saturated carbocycles. The quantitative estimate of drug-likeness (QED) is 0.664. The van der Waals surface area contributed by atoms with Gasteiger partial charge in [-0.2, -0.15) is 0 Å². The van der Waals surface area contributed by atoms with Gasteiger partial charge in [0.15, 0.2) is 11.0 Å². The van der Waals surface area contributed by atoms with E-state index >= 15 is 0 Å². The van der Waals surface area contributed by atoms with Crippen molar-refractivity contribution in [1.29, 1.82) is 0 Å². The van der Waals surface area contributed by atoms with Gasteiger partial charge in [-0.15, -0.1) is 0 Å². The highest BCUT2D eigenvalue weighted by Gasteiger charge is 2.11. The molecule has 1 atom stereocenters. The fraction of sp³-hybridized carbons (Fsp3) is 0.556. The minimum absolute atomic E-state index is 0.0366. The second kappa shape index (κ2) is 5.72. The fourth-order valence-electron chi connectivity index (χ4n) is 1.24. The smallest absolute Gasteiger partial charge is 0.157 e. The van der Waals surface area contributed by atoms with Gasteiger partial charge in [0.2, 0.25) is 0 Å². The van der Waals surface area contributed by atoms with Crippen LogP contribution in [0, 0.1) is 0 Å². The summed E-state index contributed by atoms with van der Waals surface area (Å²) in [5, 5.41) is 12.3. The molecule has 0 fully saturated rings. The Morgan fingerprint density at radius 1 is 1.60 bits per heavy atom. The number of hydrogen-bond acceptors (Lipinski definition) is 5. The number of aromatic nitrogens is 2. The molecule has 0 radical (unpaired) electrons. The molecule has 1 rings (SSSR count). The molecule has 84 valence electrons. The van der Waals surface area contributed by atoms with E-state index in [-0.39, 0.29) is 17.8 Å². The number of nitrogens with one attached hydrogen (secondary N) is 1. The first kappa shape index (κ1) is 12.0. The third-order valence-electron chi connectivity index (χ3n) is 2.03. The zero-order chi connectivity index (χ0) is 11.3. The van der Waals surface area contributed by atoms with E-state index in [1.807, 2.05) is 6.92 Å². The van der Waals surface area contributed by atoms with Gasteiger partial charge in [0.1, 0.15) is 12.0 Å². The molecule has 4 N–H and O–H groups in total. The van der Waals surface area contributed by atoms with Gasteiger partial charge in [0.05, 0.1) is 12.6 Å². The zero-order valence-electron chi connectivity index (χ0n) is 8.57. The number of nitrogens with two attached hydrogens (primary N) is 1. The van der Waals surface area contributed by atoms with E-state index in [1.165, 1.54) is 6.33 Å². The first-order chi connectivity index (χ1) is 7.19. The Bertz CT molecular complexity index is 321. The third kappa shape index (κ3) is 3.21. The summed E-state index contributed by atoms with van der Waals surface area (Å²) in [6, 6.07) is -0.0525. The molecule has 1 unspecified atom stereocenters. The van der Waals surface area contributed by atoms with Gasteiger partial charge in [0.25, 0.3) is 0 Å². The summed E-state index contributed by atoms with van der Waals surface area (Å²) in [6.07, 6.45) is 3.15. The molecule has 0 aliphatic carbocycles. The summed E-state index contributed by atoms with van der Waals surface area (Å²) >= 11 is 5.74. The van der Waals surface area contributed by atoms with Crippen molar-refractivity contribution in [3.05, 3.63) is 11.5 Å². The molecule has 0 bridgehead atoms. The number of aliphatic hydroxyl groups is 1. The Balaban J connectivity index is 2.74. The van der Waals surface area contributed by atoms with Crippen molar-refractivity contribution in [2.24, 2.45) is 0 Å². The second-order valence-electron chi connectivity index (χ2n) is 3.24. The summed E-state index contributed by atoms with van der Waals surface area (Å²) in [6.45, 7) is 2.08. The van der Waals surface area contributed by atoms with Crippen molar-refractivity contribution < 1.29 is 5.11 Å². The lowest BCUT2D eigenvalue weighted by atomic mass is 10.2. The summed E-state index contributed by atoms with van der Waals surface area (Å²) in [7, 11) is 0. The standard InChI is InChI=1S/C9H15ClN4O/c1-2-3-6(4-15)14-9-7(11)8(10)12-5-13-9/h5-6,15H,2-4,11H2,1H3,(H,12,13,14). The Kier molecular flexibility index (Phi) is 4.58. The van der Waals surface area contributed by atoms with Gasteiger partial charge in [-0.3, -0.25) is 0 Å². The van der Waals surface area contributed by atoms with Gasteiger partial charge >= 0.3 is 0 Å². The van der Waals surface area contributed by atoms with Crippen molar-refractivity contribution in [1.82, 2.24) is 9.97 Å². The van der Waals surface area contributed by atoms with Crippen molar-refractivity contribution in [2.45, 2.75) is 25.8 Å². The molecule has 1 aromatic heterocycles. The van der Waals surface area contributed by atoms with Crippen LogP contribution in [0.5, 0.6) is 0 Å². The lowest BCUT2D eigenvalue weighted by Crippen LogP contribution is -2.24. The van der Waals surface area contributed by atoms with Crippen LogP contribution < -0.4 is 11.1 Å². The number of nitrogens with zero attached hydrogens (tertiary/aromatic N) is 2. The molecule has 0 aliphatic rings. The van der Waals surface area contributed by atoms with E-state index < -0.39 is 0 Å².